The first-order valence-corrected chi connectivity index (χ1v) is 10.8. The first kappa shape index (κ1) is 20.0. The van der Waals surface area contributed by atoms with Crippen molar-refractivity contribution in [1.29, 1.82) is 0 Å². The quantitative estimate of drug-likeness (QED) is 0.597. The molecule has 0 radical (unpaired) electrons. The summed E-state index contributed by atoms with van der Waals surface area (Å²) in [5.74, 6) is 10.1. The molecule has 2 fully saturated rings. The summed E-state index contributed by atoms with van der Waals surface area (Å²) >= 11 is 0. The van der Waals surface area contributed by atoms with Crippen molar-refractivity contribution < 1.29 is 9.63 Å². The molecular weight excluding hydrogens is 390 g/mol. The molecular formula is C24H27N5O2. The number of aliphatic hydroxyl groups excluding tert-OH is 1. The summed E-state index contributed by atoms with van der Waals surface area (Å²) in [7, 11) is 0. The lowest BCUT2D eigenvalue weighted by Gasteiger charge is -2.16. The van der Waals surface area contributed by atoms with Crippen molar-refractivity contribution in [2.75, 3.05) is 26.2 Å². The van der Waals surface area contributed by atoms with Gasteiger partial charge < -0.3 is 24.8 Å². The highest BCUT2D eigenvalue weighted by Crippen LogP contribution is 2.51. The molecule has 1 saturated carbocycles. The maximum absolute atomic E-state index is 9.80. The van der Waals surface area contributed by atoms with Crippen molar-refractivity contribution in [1.82, 2.24) is 19.6 Å². The average Bonchev–Trinajstić information content (AvgIpc) is 3.24. The van der Waals surface area contributed by atoms with Crippen LogP contribution >= 0.6 is 0 Å². The third-order valence-corrected chi connectivity index (χ3v) is 6.28. The van der Waals surface area contributed by atoms with Crippen LogP contribution in [0.2, 0.25) is 0 Å². The number of fused-ring (bicyclic) bond motifs is 1. The molecule has 7 nitrogen and oxygen atoms in total. The van der Waals surface area contributed by atoms with Crippen molar-refractivity contribution in [3.63, 3.8) is 0 Å². The first-order valence-electron chi connectivity index (χ1n) is 10.8. The summed E-state index contributed by atoms with van der Waals surface area (Å²) in [6.07, 6.45) is 2.87. The van der Waals surface area contributed by atoms with Gasteiger partial charge in [0.2, 0.25) is 0 Å². The van der Waals surface area contributed by atoms with Gasteiger partial charge in [0.05, 0.1) is 6.54 Å². The zero-order chi connectivity index (χ0) is 21.4. The number of rotatable bonds is 6. The van der Waals surface area contributed by atoms with E-state index < -0.39 is 6.10 Å². The van der Waals surface area contributed by atoms with Gasteiger partial charge in [-0.05, 0) is 43.0 Å². The molecule has 160 valence electrons. The lowest BCUT2D eigenvalue weighted by Crippen LogP contribution is -2.29. The Morgan fingerprint density at radius 1 is 1.26 bits per heavy atom. The van der Waals surface area contributed by atoms with E-state index in [1.54, 1.807) is 13.1 Å². The van der Waals surface area contributed by atoms with E-state index in [1.165, 1.54) is 0 Å². The maximum Gasteiger partial charge on any atom is 0.167 e. The highest BCUT2D eigenvalue weighted by molar-refractivity contribution is 5.59. The second-order valence-corrected chi connectivity index (χ2v) is 8.52. The summed E-state index contributed by atoms with van der Waals surface area (Å²) in [6.45, 7) is 6.23. The Hall–Kier alpha value is -2.92. The number of piperidine rings is 1. The Balaban J connectivity index is 1.20. The van der Waals surface area contributed by atoms with Crippen molar-refractivity contribution in [3.8, 4) is 23.2 Å². The highest BCUT2D eigenvalue weighted by Gasteiger charge is 2.54. The van der Waals surface area contributed by atoms with Crippen molar-refractivity contribution in [3.05, 3.63) is 59.8 Å². The van der Waals surface area contributed by atoms with Crippen LogP contribution in [0.4, 0.5) is 0 Å². The Bertz CT molecular complexity index is 1090. The lowest BCUT2D eigenvalue weighted by molar-refractivity contribution is 0.184. The predicted molar refractivity (Wildman–Crippen MR) is 117 cm³/mol. The van der Waals surface area contributed by atoms with Gasteiger partial charge in [0, 0.05) is 61.7 Å². The second kappa shape index (κ2) is 8.31. The molecule has 1 unspecified atom stereocenters. The van der Waals surface area contributed by atoms with E-state index in [-0.39, 0.29) is 0 Å². The summed E-state index contributed by atoms with van der Waals surface area (Å²) < 4.78 is 7.40. The molecule has 2 aliphatic rings. The van der Waals surface area contributed by atoms with E-state index in [4.69, 9.17) is 10.3 Å². The Kier molecular flexibility index (Phi) is 5.36. The number of nitrogens with two attached hydrogens (primary N) is 1. The third-order valence-electron chi connectivity index (χ3n) is 6.28. The summed E-state index contributed by atoms with van der Waals surface area (Å²) in [6, 6.07) is 10.0. The average molecular weight is 418 g/mol. The van der Waals surface area contributed by atoms with Crippen LogP contribution in [0.15, 0.2) is 47.2 Å². The normalized spacial score (nSPS) is 23.3. The zero-order valence-electron chi connectivity index (χ0n) is 17.6. The SMILES string of the molecule is C[C@H](O)c1nccn1Cc1cc(-c2ccc(C#CC3[C@H]4CN(CCN)C[C@@H]34)cc2)on1. The van der Waals surface area contributed by atoms with E-state index >= 15 is 0 Å². The fourth-order valence-electron chi connectivity index (χ4n) is 4.60. The molecule has 0 amide bonds. The number of benzene rings is 1. The smallest absolute Gasteiger partial charge is 0.167 e. The standard InChI is InChI=1S/C24H27N5O2/c1-16(30)24-26-9-11-29(24)13-19-12-23(31-27-19)18-5-2-17(3-6-18)4-7-20-21-14-28(10-8-25)15-22(20)21/h2-3,5-6,9,11-12,16,20-22,30H,8,10,13-15,25H2,1H3/t16-,20?,21-,22+/m0/s1. The molecule has 3 aromatic rings. The molecule has 1 aliphatic carbocycles. The second-order valence-electron chi connectivity index (χ2n) is 8.52. The van der Waals surface area contributed by atoms with Crippen LogP contribution in [-0.4, -0.2) is 50.9 Å². The van der Waals surface area contributed by atoms with E-state index in [9.17, 15) is 5.11 Å². The van der Waals surface area contributed by atoms with Gasteiger partial charge >= 0.3 is 0 Å². The Morgan fingerprint density at radius 2 is 2.03 bits per heavy atom. The van der Waals surface area contributed by atoms with Crippen molar-refractivity contribution in [2.24, 2.45) is 23.5 Å². The largest absolute Gasteiger partial charge is 0.385 e. The van der Waals surface area contributed by atoms with E-state index in [0.717, 1.165) is 54.8 Å². The number of aliphatic hydroxyl groups is 1. The molecule has 0 bridgehead atoms. The molecule has 1 aliphatic heterocycles. The minimum Gasteiger partial charge on any atom is -0.385 e. The van der Waals surface area contributed by atoms with Gasteiger partial charge in [-0.25, -0.2) is 4.98 Å². The number of hydrogen-bond donors (Lipinski definition) is 2. The van der Waals surface area contributed by atoms with Crippen LogP contribution in [0.25, 0.3) is 11.3 Å². The Morgan fingerprint density at radius 3 is 2.74 bits per heavy atom. The summed E-state index contributed by atoms with van der Waals surface area (Å²) in [4.78, 5) is 6.64. The molecule has 31 heavy (non-hydrogen) atoms. The van der Waals surface area contributed by atoms with Gasteiger partial charge in [-0.3, -0.25) is 0 Å². The van der Waals surface area contributed by atoms with Crippen molar-refractivity contribution >= 4 is 0 Å². The van der Waals surface area contributed by atoms with Gasteiger partial charge in [-0.2, -0.15) is 0 Å². The number of imidazole rings is 1. The number of aromatic nitrogens is 3. The molecule has 7 heteroatoms. The fraction of sp³-hybridized carbons (Fsp3) is 0.417. The van der Waals surface area contributed by atoms with E-state index in [2.05, 4.69) is 26.9 Å². The maximum atomic E-state index is 9.80. The number of nitrogens with zero attached hydrogens (tertiary/aromatic N) is 4. The van der Waals surface area contributed by atoms with Crippen LogP contribution in [0.1, 0.15) is 30.1 Å². The molecule has 1 saturated heterocycles. The predicted octanol–water partition coefficient (Wildman–Crippen LogP) is 2.13. The molecule has 0 spiro atoms. The fourth-order valence-corrected chi connectivity index (χ4v) is 4.60. The molecule has 3 N–H and O–H groups in total. The van der Waals surface area contributed by atoms with E-state index in [1.807, 2.05) is 41.1 Å². The topological polar surface area (TPSA) is 93.3 Å². The van der Waals surface area contributed by atoms with Gasteiger partial charge in [0.15, 0.2) is 5.76 Å². The number of hydrogen-bond acceptors (Lipinski definition) is 6. The van der Waals surface area contributed by atoms with Gasteiger partial charge in [0.25, 0.3) is 0 Å². The minimum atomic E-state index is -0.630. The van der Waals surface area contributed by atoms with Crippen molar-refractivity contribution in [2.45, 2.75) is 19.6 Å². The third kappa shape index (κ3) is 4.15. The van der Waals surface area contributed by atoms with Gasteiger partial charge in [0.1, 0.15) is 17.6 Å². The van der Waals surface area contributed by atoms with Crippen LogP contribution < -0.4 is 5.73 Å². The van der Waals surface area contributed by atoms with Crippen LogP contribution in [0.3, 0.4) is 0 Å². The zero-order valence-corrected chi connectivity index (χ0v) is 17.6. The summed E-state index contributed by atoms with van der Waals surface area (Å²) in [5, 5.41) is 14.0. The van der Waals surface area contributed by atoms with Gasteiger partial charge in [-0.15, -0.1) is 0 Å². The molecule has 4 atom stereocenters. The molecule has 3 heterocycles. The Labute approximate surface area is 181 Å². The minimum absolute atomic E-state index is 0.500. The summed E-state index contributed by atoms with van der Waals surface area (Å²) in [5.41, 5.74) is 8.41. The van der Waals surface area contributed by atoms with Crippen LogP contribution in [0, 0.1) is 29.6 Å². The van der Waals surface area contributed by atoms with Crippen LogP contribution in [0.5, 0.6) is 0 Å². The van der Waals surface area contributed by atoms with Gasteiger partial charge in [-0.1, -0.05) is 17.0 Å². The molecule has 1 aromatic carbocycles. The number of likely N-dealkylation sites (tertiary alicyclic amines) is 1. The highest BCUT2D eigenvalue weighted by atomic mass is 16.5. The monoisotopic (exact) mass is 417 g/mol. The molecule has 5 rings (SSSR count). The molecule has 2 aromatic heterocycles. The lowest BCUT2D eigenvalue weighted by atomic mass is 10.1. The first-order chi connectivity index (χ1) is 15.1. The van der Waals surface area contributed by atoms with E-state index in [0.29, 0.717) is 24.0 Å². The van der Waals surface area contributed by atoms with Crippen LogP contribution in [-0.2, 0) is 6.54 Å².